The Labute approximate surface area is 152 Å². The zero-order chi connectivity index (χ0) is 18.1. The van der Waals surface area contributed by atoms with Gasteiger partial charge in [0.1, 0.15) is 11.8 Å². The van der Waals surface area contributed by atoms with Crippen molar-refractivity contribution in [1.82, 2.24) is 0 Å². The molecule has 0 unspecified atom stereocenters. The summed E-state index contributed by atoms with van der Waals surface area (Å²) >= 11 is 0. The van der Waals surface area contributed by atoms with Gasteiger partial charge in [0.2, 0.25) is 5.91 Å². The van der Waals surface area contributed by atoms with Gasteiger partial charge in [-0.15, -0.1) is 0 Å². The number of benzene rings is 2. The van der Waals surface area contributed by atoms with Crippen LogP contribution in [0.4, 0.5) is 17.1 Å². The molecule has 0 bridgehead atoms. The van der Waals surface area contributed by atoms with E-state index in [0.717, 1.165) is 25.1 Å². The van der Waals surface area contributed by atoms with Gasteiger partial charge in [-0.25, -0.2) is 0 Å². The van der Waals surface area contributed by atoms with Crippen LogP contribution < -0.4 is 20.3 Å². The summed E-state index contributed by atoms with van der Waals surface area (Å²) in [6, 6.07) is 12.7. The van der Waals surface area contributed by atoms with Crippen LogP contribution in [0.15, 0.2) is 42.5 Å². The molecule has 6 nitrogen and oxygen atoms in total. The molecule has 2 amide bonds. The molecule has 2 aliphatic heterocycles. The van der Waals surface area contributed by atoms with Gasteiger partial charge in [0.15, 0.2) is 0 Å². The maximum atomic E-state index is 12.7. The third kappa shape index (κ3) is 2.87. The highest BCUT2D eigenvalue weighted by Crippen LogP contribution is 2.37. The van der Waals surface area contributed by atoms with Gasteiger partial charge in [-0.1, -0.05) is 12.1 Å². The zero-order valence-electron chi connectivity index (χ0n) is 14.6. The molecule has 6 heteroatoms. The highest BCUT2D eigenvalue weighted by Gasteiger charge is 2.36. The number of hydrogen-bond acceptors (Lipinski definition) is 4. The molecule has 0 saturated carbocycles. The molecule has 2 N–H and O–H groups in total. The molecule has 0 radical (unpaired) electrons. The molecule has 1 saturated heterocycles. The van der Waals surface area contributed by atoms with Crippen LogP contribution >= 0.6 is 0 Å². The predicted octanol–water partition coefficient (Wildman–Crippen LogP) is 3.26. The van der Waals surface area contributed by atoms with Crippen molar-refractivity contribution >= 4 is 28.9 Å². The number of hydrogen-bond donors (Lipinski definition) is 2. The summed E-state index contributed by atoms with van der Waals surface area (Å²) in [6.07, 6.45) is 1.88. The Kier molecular flexibility index (Phi) is 4.24. The Hall–Kier alpha value is -3.02. The Morgan fingerprint density at radius 3 is 3.00 bits per heavy atom. The minimum Gasteiger partial charge on any atom is -0.492 e. The number of anilines is 3. The fourth-order valence-corrected chi connectivity index (χ4v) is 3.62. The number of amides is 2. The van der Waals surface area contributed by atoms with E-state index in [-0.39, 0.29) is 17.9 Å². The lowest BCUT2D eigenvalue weighted by molar-refractivity contribution is -0.117. The first kappa shape index (κ1) is 16.4. The molecule has 1 atom stereocenters. The van der Waals surface area contributed by atoms with Crippen molar-refractivity contribution in [2.24, 2.45) is 0 Å². The van der Waals surface area contributed by atoms with E-state index in [1.54, 1.807) is 18.2 Å². The lowest BCUT2D eigenvalue weighted by Crippen LogP contribution is -2.43. The van der Waals surface area contributed by atoms with Gasteiger partial charge in [-0.3, -0.25) is 9.59 Å². The average molecular weight is 351 g/mol. The van der Waals surface area contributed by atoms with Gasteiger partial charge >= 0.3 is 0 Å². The van der Waals surface area contributed by atoms with Crippen molar-refractivity contribution in [3.63, 3.8) is 0 Å². The van der Waals surface area contributed by atoms with E-state index >= 15 is 0 Å². The molecule has 0 aromatic heterocycles. The Bertz CT molecular complexity index is 865. The number of fused-ring (bicyclic) bond motifs is 3. The number of para-hydroxylation sites is 2. The smallest absolute Gasteiger partial charge is 0.255 e. The summed E-state index contributed by atoms with van der Waals surface area (Å²) in [5.41, 5.74) is 2.80. The Balaban J connectivity index is 1.58. The van der Waals surface area contributed by atoms with E-state index in [1.165, 1.54) is 0 Å². The van der Waals surface area contributed by atoms with Gasteiger partial charge in [-0.05, 0) is 50.1 Å². The normalized spacial score (nSPS) is 18.0. The molecule has 2 aliphatic rings. The lowest BCUT2D eigenvalue weighted by atomic mass is 10.1. The van der Waals surface area contributed by atoms with Gasteiger partial charge in [0, 0.05) is 12.1 Å². The van der Waals surface area contributed by atoms with E-state index in [1.807, 2.05) is 31.2 Å². The molecule has 0 spiro atoms. The third-order valence-corrected chi connectivity index (χ3v) is 4.82. The van der Waals surface area contributed by atoms with Gasteiger partial charge in [-0.2, -0.15) is 0 Å². The number of carbonyl (C=O) groups is 2. The fourth-order valence-electron chi connectivity index (χ4n) is 3.62. The molecule has 2 heterocycles. The minimum absolute atomic E-state index is 0.00856. The summed E-state index contributed by atoms with van der Waals surface area (Å²) in [7, 11) is 0. The highest BCUT2D eigenvalue weighted by atomic mass is 16.5. The van der Waals surface area contributed by atoms with Crippen molar-refractivity contribution in [2.45, 2.75) is 25.8 Å². The predicted molar refractivity (Wildman–Crippen MR) is 101 cm³/mol. The van der Waals surface area contributed by atoms with Crippen LogP contribution in [-0.2, 0) is 4.79 Å². The maximum Gasteiger partial charge on any atom is 0.255 e. The standard InChI is InChI=1S/C20H21N3O3/c1-2-26-18-8-4-3-6-14(18)21-19(24)13-9-10-16-15(12-13)22-20(25)17-7-5-11-23(16)17/h3-4,6,8-10,12,17H,2,5,7,11H2,1H3,(H,21,24)(H,22,25)/t17-/m0/s1. The molecule has 134 valence electrons. The van der Waals surface area contributed by atoms with Crippen LogP contribution in [0.5, 0.6) is 5.75 Å². The zero-order valence-corrected chi connectivity index (χ0v) is 14.6. The molecule has 1 fully saturated rings. The first-order valence-electron chi connectivity index (χ1n) is 8.92. The molecule has 4 rings (SSSR count). The van der Waals surface area contributed by atoms with Crippen LogP contribution in [0.1, 0.15) is 30.1 Å². The number of nitrogens with zero attached hydrogens (tertiary/aromatic N) is 1. The SMILES string of the molecule is CCOc1ccccc1NC(=O)c1ccc2c(c1)NC(=O)[C@@H]1CCCN21. The number of nitrogens with one attached hydrogen (secondary N) is 2. The average Bonchev–Trinajstić information content (AvgIpc) is 3.14. The van der Waals surface area contributed by atoms with E-state index in [9.17, 15) is 9.59 Å². The van der Waals surface area contributed by atoms with Crippen molar-refractivity contribution < 1.29 is 14.3 Å². The topological polar surface area (TPSA) is 70.7 Å². The first-order chi connectivity index (χ1) is 12.7. The van der Waals surface area contributed by atoms with Crippen LogP contribution in [0.3, 0.4) is 0 Å². The summed E-state index contributed by atoms with van der Waals surface area (Å²) in [4.78, 5) is 27.1. The van der Waals surface area contributed by atoms with E-state index in [2.05, 4.69) is 15.5 Å². The fraction of sp³-hybridized carbons (Fsp3) is 0.300. The highest BCUT2D eigenvalue weighted by molar-refractivity contribution is 6.09. The van der Waals surface area contributed by atoms with Crippen molar-refractivity contribution in [2.75, 3.05) is 28.7 Å². The van der Waals surface area contributed by atoms with Gasteiger partial charge in [0.25, 0.3) is 5.91 Å². The lowest BCUT2D eigenvalue weighted by Gasteiger charge is -2.33. The van der Waals surface area contributed by atoms with E-state index < -0.39 is 0 Å². The Morgan fingerprint density at radius 2 is 2.15 bits per heavy atom. The van der Waals surface area contributed by atoms with Crippen LogP contribution in [-0.4, -0.2) is 31.0 Å². The number of ether oxygens (including phenoxy) is 1. The Morgan fingerprint density at radius 1 is 1.31 bits per heavy atom. The number of rotatable bonds is 4. The van der Waals surface area contributed by atoms with Crippen LogP contribution in [0.25, 0.3) is 0 Å². The monoisotopic (exact) mass is 351 g/mol. The molecule has 2 aromatic rings. The van der Waals surface area contributed by atoms with Crippen molar-refractivity contribution in [3.05, 3.63) is 48.0 Å². The first-order valence-corrected chi connectivity index (χ1v) is 8.92. The summed E-state index contributed by atoms with van der Waals surface area (Å²) in [5.74, 6) is 0.404. The second-order valence-corrected chi connectivity index (χ2v) is 6.46. The molecular weight excluding hydrogens is 330 g/mol. The number of carbonyl (C=O) groups excluding carboxylic acids is 2. The van der Waals surface area contributed by atoms with Gasteiger partial charge in [0.05, 0.1) is 23.7 Å². The second kappa shape index (κ2) is 6.71. The molecule has 2 aromatic carbocycles. The van der Waals surface area contributed by atoms with Gasteiger partial charge < -0.3 is 20.3 Å². The minimum atomic E-state index is -0.238. The van der Waals surface area contributed by atoms with Crippen molar-refractivity contribution in [3.8, 4) is 5.75 Å². The third-order valence-electron chi connectivity index (χ3n) is 4.82. The maximum absolute atomic E-state index is 12.7. The summed E-state index contributed by atoms with van der Waals surface area (Å²) in [5, 5.41) is 5.82. The second-order valence-electron chi connectivity index (χ2n) is 6.46. The molecule has 0 aliphatic carbocycles. The van der Waals surface area contributed by atoms with E-state index in [4.69, 9.17) is 4.74 Å². The van der Waals surface area contributed by atoms with Crippen LogP contribution in [0, 0.1) is 0 Å². The molecule has 26 heavy (non-hydrogen) atoms. The summed E-state index contributed by atoms with van der Waals surface area (Å²) in [6.45, 7) is 3.30. The van der Waals surface area contributed by atoms with Crippen LogP contribution in [0.2, 0.25) is 0 Å². The van der Waals surface area contributed by atoms with Crippen molar-refractivity contribution in [1.29, 1.82) is 0 Å². The summed E-state index contributed by atoms with van der Waals surface area (Å²) < 4.78 is 5.55. The van der Waals surface area contributed by atoms with E-state index in [0.29, 0.717) is 29.3 Å². The quantitative estimate of drug-likeness (QED) is 0.887. The molecular formula is C20H21N3O3. The largest absolute Gasteiger partial charge is 0.492 e.